The Kier molecular flexibility index (Phi) is 7.62. The number of ether oxygens (including phenoxy) is 1. The molecule has 0 spiro atoms. The summed E-state index contributed by atoms with van der Waals surface area (Å²) in [6.45, 7) is 4.13. The zero-order valence-corrected chi connectivity index (χ0v) is 14.4. The van der Waals surface area contributed by atoms with Gasteiger partial charge in [0.15, 0.2) is 12.2 Å². The molecule has 1 heterocycles. The average molecular weight is 358 g/mol. The van der Waals surface area contributed by atoms with Crippen molar-refractivity contribution in [3.8, 4) is 0 Å². The Labute approximate surface area is 145 Å². The number of carbonyl (C=O) groups is 4. The van der Waals surface area contributed by atoms with Crippen molar-refractivity contribution in [2.24, 2.45) is 23.3 Å². The number of rotatable bonds is 9. The summed E-state index contributed by atoms with van der Waals surface area (Å²) in [5.74, 6) is -2.39. The maximum absolute atomic E-state index is 12.4. The molecule has 0 aromatic rings. The molecule has 0 saturated carbocycles. The lowest BCUT2D eigenvalue weighted by molar-refractivity contribution is -0.135. The number of hydrogen-bond donors (Lipinski definition) is 5. The Morgan fingerprint density at radius 2 is 2.00 bits per heavy atom. The first-order valence-corrected chi connectivity index (χ1v) is 8.13. The molecule has 1 aliphatic heterocycles. The highest BCUT2D eigenvalue weighted by Crippen LogP contribution is 2.18. The molecule has 0 aromatic heterocycles. The first-order valence-electron chi connectivity index (χ1n) is 8.13. The van der Waals surface area contributed by atoms with E-state index in [2.05, 4.69) is 10.6 Å². The van der Waals surface area contributed by atoms with E-state index in [0.29, 0.717) is 13.0 Å². The van der Waals surface area contributed by atoms with E-state index in [0.717, 1.165) is 0 Å². The molecule has 4 atom stereocenters. The van der Waals surface area contributed by atoms with Crippen molar-refractivity contribution in [1.82, 2.24) is 10.6 Å². The minimum absolute atomic E-state index is 0.0234. The number of nitrogens with one attached hydrogen (secondary N) is 2. The van der Waals surface area contributed by atoms with E-state index in [-0.39, 0.29) is 24.7 Å². The van der Waals surface area contributed by atoms with Crippen molar-refractivity contribution in [1.29, 1.82) is 0 Å². The molecule has 1 aliphatic rings. The standard InChI is InChI=1S/C15H26N4O6/c1-7(2)5-10(25-15(17)24)14(23)19-9(11(20)12(16)21)6-8-3-4-18-13(8)22/h7-11,20H,3-6H2,1-2H3,(H2,16,21)(H2,17,24)(H,18,22)(H,19,23)/t8-,9-,10-,11?/m0/s1. The van der Waals surface area contributed by atoms with Crippen LogP contribution in [0.1, 0.15) is 33.1 Å². The lowest BCUT2D eigenvalue weighted by Crippen LogP contribution is -2.53. The second-order valence-corrected chi connectivity index (χ2v) is 6.53. The molecule has 10 nitrogen and oxygen atoms in total. The molecule has 7 N–H and O–H groups in total. The summed E-state index contributed by atoms with van der Waals surface area (Å²) < 4.78 is 4.80. The predicted molar refractivity (Wildman–Crippen MR) is 86.8 cm³/mol. The molecule has 1 fully saturated rings. The maximum Gasteiger partial charge on any atom is 0.405 e. The van der Waals surface area contributed by atoms with Gasteiger partial charge < -0.3 is 31.9 Å². The first-order chi connectivity index (χ1) is 11.6. The summed E-state index contributed by atoms with van der Waals surface area (Å²) in [5.41, 5.74) is 10.1. The number of carbonyl (C=O) groups excluding carboxylic acids is 4. The lowest BCUT2D eigenvalue weighted by atomic mass is 9.94. The SMILES string of the molecule is CC(C)C[C@H](OC(N)=O)C(=O)N[C@@H](C[C@@H]1CCNC1=O)C(O)C(N)=O. The zero-order valence-electron chi connectivity index (χ0n) is 14.4. The summed E-state index contributed by atoms with van der Waals surface area (Å²) in [6, 6.07) is -1.08. The second kappa shape index (κ2) is 9.21. The fourth-order valence-corrected chi connectivity index (χ4v) is 2.69. The molecule has 1 unspecified atom stereocenters. The van der Waals surface area contributed by atoms with E-state index in [1.165, 1.54) is 0 Å². The van der Waals surface area contributed by atoms with Gasteiger partial charge in [0.05, 0.1) is 6.04 Å². The van der Waals surface area contributed by atoms with Crippen LogP contribution >= 0.6 is 0 Å². The van der Waals surface area contributed by atoms with E-state index >= 15 is 0 Å². The normalized spacial score (nSPS) is 20.5. The van der Waals surface area contributed by atoms with Gasteiger partial charge in [0.25, 0.3) is 5.91 Å². The highest BCUT2D eigenvalue weighted by molar-refractivity contribution is 5.86. The van der Waals surface area contributed by atoms with Gasteiger partial charge in [-0.15, -0.1) is 0 Å². The topological polar surface area (TPSA) is 174 Å². The quantitative estimate of drug-likeness (QED) is 0.330. The second-order valence-electron chi connectivity index (χ2n) is 6.53. The number of nitrogens with two attached hydrogens (primary N) is 2. The zero-order chi connectivity index (χ0) is 19.1. The highest BCUT2D eigenvalue weighted by atomic mass is 16.6. The molecule has 0 bridgehead atoms. The Hall–Kier alpha value is -2.36. The van der Waals surface area contributed by atoms with Gasteiger partial charge in [-0.05, 0) is 25.2 Å². The van der Waals surface area contributed by atoms with Crippen LogP contribution in [0.5, 0.6) is 0 Å². The summed E-state index contributed by atoms with van der Waals surface area (Å²) >= 11 is 0. The van der Waals surface area contributed by atoms with Crippen molar-refractivity contribution < 1.29 is 29.0 Å². The Morgan fingerprint density at radius 3 is 2.44 bits per heavy atom. The van der Waals surface area contributed by atoms with Crippen LogP contribution in [-0.4, -0.2) is 53.7 Å². The summed E-state index contributed by atoms with van der Waals surface area (Å²) in [7, 11) is 0. The molecule has 0 aliphatic carbocycles. The van der Waals surface area contributed by atoms with E-state index in [9.17, 15) is 24.3 Å². The van der Waals surface area contributed by atoms with Gasteiger partial charge in [0, 0.05) is 12.5 Å². The Bertz CT molecular complexity index is 524. The third-order valence-electron chi connectivity index (χ3n) is 3.94. The molecule has 142 valence electrons. The van der Waals surface area contributed by atoms with E-state index in [1.54, 1.807) is 0 Å². The first kappa shape index (κ1) is 20.7. The molecule has 0 aromatic carbocycles. The maximum atomic E-state index is 12.4. The van der Waals surface area contributed by atoms with Crippen molar-refractivity contribution in [2.75, 3.05) is 6.54 Å². The average Bonchev–Trinajstić information content (AvgIpc) is 2.89. The molecule has 1 rings (SSSR count). The van der Waals surface area contributed by atoms with Crippen molar-refractivity contribution in [2.45, 2.75) is 51.4 Å². The minimum Gasteiger partial charge on any atom is -0.436 e. The lowest BCUT2D eigenvalue weighted by Gasteiger charge is -2.26. The van der Waals surface area contributed by atoms with E-state index in [4.69, 9.17) is 16.2 Å². The molecular formula is C15H26N4O6. The summed E-state index contributed by atoms with van der Waals surface area (Å²) in [4.78, 5) is 46.4. The third-order valence-corrected chi connectivity index (χ3v) is 3.94. The molecule has 4 amide bonds. The molecule has 0 radical (unpaired) electrons. The largest absolute Gasteiger partial charge is 0.436 e. The smallest absolute Gasteiger partial charge is 0.405 e. The monoisotopic (exact) mass is 358 g/mol. The van der Waals surface area contributed by atoms with Crippen LogP contribution in [0.25, 0.3) is 0 Å². The third kappa shape index (κ3) is 6.57. The van der Waals surface area contributed by atoms with Crippen LogP contribution in [0.4, 0.5) is 4.79 Å². The highest BCUT2D eigenvalue weighted by Gasteiger charge is 2.35. The minimum atomic E-state index is -1.68. The van der Waals surface area contributed by atoms with Crippen LogP contribution in [0.2, 0.25) is 0 Å². The van der Waals surface area contributed by atoms with Gasteiger partial charge in [-0.3, -0.25) is 14.4 Å². The number of aliphatic hydroxyl groups is 1. The van der Waals surface area contributed by atoms with Gasteiger partial charge >= 0.3 is 6.09 Å². The van der Waals surface area contributed by atoms with Gasteiger partial charge in [-0.1, -0.05) is 13.8 Å². The van der Waals surface area contributed by atoms with Gasteiger partial charge in [0.2, 0.25) is 11.8 Å². The number of hydrogen-bond acceptors (Lipinski definition) is 6. The van der Waals surface area contributed by atoms with Crippen LogP contribution in [-0.2, 0) is 19.1 Å². The summed E-state index contributed by atoms with van der Waals surface area (Å²) in [6.07, 6.45) is -3.19. The van der Waals surface area contributed by atoms with Crippen molar-refractivity contribution in [3.63, 3.8) is 0 Å². The fourth-order valence-electron chi connectivity index (χ4n) is 2.69. The van der Waals surface area contributed by atoms with Crippen LogP contribution in [0, 0.1) is 11.8 Å². The Balaban J connectivity index is 2.85. The number of aliphatic hydroxyl groups excluding tert-OH is 1. The van der Waals surface area contributed by atoms with Gasteiger partial charge in [-0.2, -0.15) is 0 Å². The van der Waals surface area contributed by atoms with Crippen LogP contribution in [0.3, 0.4) is 0 Å². The van der Waals surface area contributed by atoms with E-state index < -0.39 is 42.1 Å². The van der Waals surface area contributed by atoms with Gasteiger partial charge in [0.1, 0.15) is 0 Å². The fraction of sp³-hybridized carbons (Fsp3) is 0.733. The van der Waals surface area contributed by atoms with Crippen LogP contribution in [0.15, 0.2) is 0 Å². The predicted octanol–water partition coefficient (Wildman–Crippen LogP) is -1.65. The Morgan fingerprint density at radius 1 is 1.36 bits per heavy atom. The molecule has 1 saturated heterocycles. The number of amides is 4. The van der Waals surface area contributed by atoms with Crippen molar-refractivity contribution in [3.05, 3.63) is 0 Å². The van der Waals surface area contributed by atoms with Gasteiger partial charge in [-0.25, -0.2) is 4.79 Å². The summed E-state index contributed by atoms with van der Waals surface area (Å²) in [5, 5.41) is 15.1. The molecule has 10 heteroatoms. The molecule has 25 heavy (non-hydrogen) atoms. The number of primary amides is 2. The van der Waals surface area contributed by atoms with E-state index in [1.807, 2.05) is 13.8 Å². The van der Waals surface area contributed by atoms with Crippen LogP contribution < -0.4 is 22.1 Å². The van der Waals surface area contributed by atoms with Crippen molar-refractivity contribution >= 4 is 23.8 Å². The molecular weight excluding hydrogens is 332 g/mol.